The summed E-state index contributed by atoms with van der Waals surface area (Å²) < 4.78 is 11.6. The smallest absolute Gasteiger partial charge is 0.254 e. The minimum Gasteiger partial charge on any atom is -0.484 e. The van der Waals surface area contributed by atoms with E-state index in [9.17, 15) is 0 Å². The van der Waals surface area contributed by atoms with Crippen LogP contribution in [0.1, 0.15) is 36.8 Å². The average Bonchev–Trinajstić information content (AvgIpc) is 3.02. The third kappa shape index (κ3) is 3.59. The first-order valence-electron chi connectivity index (χ1n) is 7.74. The lowest BCUT2D eigenvalue weighted by atomic mass is 10.0. The fourth-order valence-corrected chi connectivity index (χ4v) is 2.44. The van der Waals surface area contributed by atoms with E-state index in [0.29, 0.717) is 17.7 Å². The SMILES string of the molecule is Cc1cccc(-c2nnc(COc3ccccc3C(C)C)o2)c1. The number of para-hydroxylation sites is 1. The summed E-state index contributed by atoms with van der Waals surface area (Å²) in [6.45, 7) is 6.59. The molecule has 0 fully saturated rings. The summed E-state index contributed by atoms with van der Waals surface area (Å²) in [5.74, 6) is 2.25. The van der Waals surface area contributed by atoms with Crippen molar-refractivity contribution in [2.24, 2.45) is 0 Å². The summed E-state index contributed by atoms with van der Waals surface area (Å²) in [6, 6.07) is 16.0. The number of nitrogens with zero attached hydrogens (tertiary/aromatic N) is 2. The van der Waals surface area contributed by atoms with Crippen LogP contribution in [0.2, 0.25) is 0 Å². The van der Waals surface area contributed by atoms with Gasteiger partial charge in [0.25, 0.3) is 5.89 Å². The molecule has 23 heavy (non-hydrogen) atoms. The lowest BCUT2D eigenvalue weighted by Gasteiger charge is -2.12. The molecule has 0 amide bonds. The van der Waals surface area contributed by atoms with Crippen molar-refractivity contribution in [1.82, 2.24) is 10.2 Å². The lowest BCUT2D eigenvalue weighted by Crippen LogP contribution is -1.99. The molecule has 0 aliphatic rings. The Morgan fingerprint density at radius 3 is 2.65 bits per heavy atom. The van der Waals surface area contributed by atoms with E-state index in [2.05, 4.69) is 30.1 Å². The Morgan fingerprint density at radius 2 is 1.87 bits per heavy atom. The highest BCUT2D eigenvalue weighted by Gasteiger charge is 2.11. The summed E-state index contributed by atoms with van der Waals surface area (Å²) in [4.78, 5) is 0. The van der Waals surface area contributed by atoms with Crippen LogP contribution in [-0.2, 0) is 6.61 Å². The molecule has 1 aromatic heterocycles. The molecular formula is C19H20N2O2. The summed E-state index contributed by atoms with van der Waals surface area (Å²) in [5.41, 5.74) is 3.25. The zero-order valence-electron chi connectivity index (χ0n) is 13.6. The summed E-state index contributed by atoms with van der Waals surface area (Å²) >= 11 is 0. The van der Waals surface area contributed by atoms with Crippen LogP contribution in [0.25, 0.3) is 11.5 Å². The van der Waals surface area contributed by atoms with Crippen molar-refractivity contribution in [3.8, 4) is 17.2 Å². The molecule has 4 heteroatoms. The standard InChI is InChI=1S/C19H20N2O2/c1-13(2)16-9-4-5-10-17(16)22-12-18-20-21-19(23-18)15-8-6-7-14(3)11-15/h4-11,13H,12H2,1-3H3. The maximum Gasteiger partial charge on any atom is 0.254 e. The van der Waals surface area contributed by atoms with Gasteiger partial charge in [0.2, 0.25) is 5.89 Å². The molecule has 0 saturated carbocycles. The largest absolute Gasteiger partial charge is 0.484 e. The van der Waals surface area contributed by atoms with Crippen LogP contribution in [-0.4, -0.2) is 10.2 Å². The highest BCUT2D eigenvalue weighted by molar-refractivity contribution is 5.53. The van der Waals surface area contributed by atoms with Crippen molar-refractivity contribution < 1.29 is 9.15 Å². The van der Waals surface area contributed by atoms with Crippen LogP contribution in [0, 0.1) is 6.92 Å². The summed E-state index contributed by atoms with van der Waals surface area (Å²) in [7, 11) is 0. The normalized spacial score (nSPS) is 11.0. The second-order valence-corrected chi connectivity index (χ2v) is 5.85. The van der Waals surface area contributed by atoms with E-state index in [1.807, 2.05) is 49.4 Å². The molecule has 0 radical (unpaired) electrons. The molecular weight excluding hydrogens is 288 g/mol. The minimum atomic E-state index is 0.266. The van der Waals surface area contributed by atoms with Crippen LogP contribution < -0.4 is 4.74 Å². The first kappa shape index (κ1) is 15.3. The highest BCUT2D eigenvalue weighted by atomic mass is 16.5. The fourth-order valence-electron chi connectivity index (χ4n) is 2.44. The third-order valence-electron chi connectivity index (χ3n) is 3.62. The van der Waals surface area contributed by atoms with Crippen molar-refractivity contribution >= 4 is 0 Å². The molecule has 3 rings (SSSR count). The third-order valence-corrected chi connectivity index (χ3v) is 3.62. The van der Waals surface area contributed by atoms with Crippen LogP contribution in [0.15, 0.2) is 52.9 Å². The van der Waals surface area contributed by atoms with E-state index in [1.165, 1.54) is 5.56 Å². The summed E-state index contributed by atoms with van der Waals surface area (Å²) in [6.07, 6.45) is 0. The molecule has 0 aliphatic heterocycles. The number of hydrogen-bond acceptors (Lipinski definition) is 4. The van der Waals surface area contributed by atoms with Gasteiger partial charge in [0, 0.05) is 5.56 Å². The van der Waals surface area contributed by atoms with Gasteiger partial charge in [-0.2, -0.15) is 0 Å². The van der Waals surface area contributed by atoms with Crippen LogP contribution in [0.5, 0.6) is 5.75 Å². The van der Waals surface area contributed by atoms with Gasteiger partial charge in [-0.25, -0.2) is 0 Å². The van der Waals surface area contributed by atoms with Crippen LogP contribution in [0.3, 0.4) is 0 Å². The first-order valence-corrected chi connectivity index (χ1v) is 7.74. The van der Waals surface area contributed by atoms with Gasteiger partial charge in [0.05, 0.1) is 0 Å². The molecule has 0 saturated heterocycles. The van der Waals surface area contributed by atoms with Gasteiger partial charge < -0.3 is 9.15 Å². The topological polar surface area (TPSA) is 48.2 Å². The molecule has 3 aromatic rings. The number of ether oxygens (including phenoxy) is 1. The van der Waals surface area contributed by atoms with Gasteiger partial charge in [0.1, 0.15) is 5.75 Å². The highest BCUT2D eigenvalue weighted by Crippen LogP contribution is 2.27. The Bertz CT molecular complexity index is 793. The van der Waals surface area contributed by atoms with Gasteiger partial charge in [0.15, 0.2) is 6.61 Å². The minimum absolute atomic E-state index is 0.266. The predicted octanol–water partition coefficient (Wildman–Crippen LogP) is 4.75. The number of hydrogen-bond donors (Lipinski definition) is 0. The molecule has 0 spiro atoms. The number of aryl methyl sites for hydroxylation is 1. The molecule has 118 valence electrons. The van der Waals surface area contributed by atoms with Crippen LogP contribution in [0.4, 0.5) is 0 Å². The van der Waals surface area contributed by atoms with E-state index in [0.717, 1.165) is 16.9 Å². The molecule has 0 N–H and O–H groups in total. The van der Waals surface area contributed by atoms with Gasteiger partial charge in [-0.15, -0.1) is 10.2 Å². The maximum atomic E-state index is 5.86. The monoisotopic (exact) mass is 308 g/mol. The van der Waals surface area contributed by atoms with Crippen molar-refractivity contribution in [1.29, 1.82) is 0 Å². The quantitative estimate of drug-likeness (QED) is 0.682. The Kier molecular flexibility index (Phi) is 4.42. The Morgan fingerprint density at radius 1 is 1.04 bits per heavy atom. The predicted molar refractivity (Wildman–Crippen MR) is 89.3 cm³/mol. The van der Waals surface area contributed by atoms with E-state index in [1.54, 1.807) is 0 Å². The van der Waals surface area contributed by atoms with Crippen molar-refractivity contribution in [2.45, 2.75) is 33.3 Å². The van der Waals surface area contributed by atoms with Crippen molar-refractivity contribution in [2.75, 3.05) is 0 Å². The van der Waals surface area contributed by atoms with Gasteiger partial charge in [-0.1, -0.05) is 49.7 Å². The molecule has 0 atom stereocenters. The molecule has 0 bridgehead atoms. The van der Waals surface area contributed by atoms with Gasteiger partial charge in [-0.05, 0) is 36.6 Å². The second kappa shape index (κ2) is 6.65. The number of rotatable bonds is 5. The second-order valence-electron chi connectivity index (χ2n) is 5.85. The van der Waals surface area contributed by atoms with Crippen molar-refractivity contribution in [3.05, 3.63) is 65.5 Å². The number of aromatic nitrogens is 2. The molecule has 2 aromatic carbocycles. The summed E-state index contributed by atoms with van der Waals surface area (Å²) in [5, 5.41) is 8.17. The van der Waals surface area contributed by atoms with Crippen LogP contribution >= 0.6 is 0 Å². The van der Waals surface area contributed by atoms with E-state index in [-0.39, 0.29) is 6.61 Å². The molecule has 0 aliphatic carbocycles. The molecule has 4 nitrogen and oxygen atoms in total. The Labute approximate surface area is 136 Å². The first-order chi connectivity index (χ1) is 11.1. The van der Waals surface area contributed by atoms with E-state index in [4.69, 9.17) is 9.15 Å². The Hall–Kier alpha value is -2.62. The van der Waals surface area contributed by atoms with Crippen molar-refractivity contribution in [3.63, 3.8) is 0 Å². The number of benzene rings is 2. The average molecular weight is 308 g/mol. The molecule has 1 heterocycles. The van der Waals surface area contributed by atoms with E-state index < -0.39 is 0 Å². The zero-order valence-corrected chi connectivity index (χ0v) is 13.6. The zero-order chi connectivity index (χ0) is 16.2. The fraction of sp³-hybridized carbons (Fsp3) is 0.263. The molecule has 0 unspecified atom stereocenters. The Balaban J connectivity index is 1.73. The van der Waals surface area contributed by atoms with Gasteiger partial charge in [-0.3, -0.25) is 0 Å². The van der Waals surface area contributed by atoms with Gasteiger partial charge >= 0.3 is 0 Å². The van der Waals surface area contributed by atoms with E-state index >= 15 is 0 Å². The maximum absolute atomic E-state index is 5.86. The lowest BCUT2D eigenvalue weighted by molar-refractivity contribution is 0.261.